The Morgan fingerprint density at radius 3 is 1.93 bits per heavy atom. The van der Waals surface area contributed by atoms with Crippen LogP contribution in [0.5, 0.6) is 0 Å². The summed E-state index contributed by atoms with van der Waals surface area (Å²) in [5, 5.41) is 14.2. The maximum absolute atomic E-state index is 11.3. The zero-order valence-electron chi connectivity index (χ0n) is 19.5. The molecule has 0 heterocycles. The Hall–Kier alpha value is -2.33. The van der Waals surface area contributed by atoms with E-state index in [-0.39, 0.29) is 19.6 Å². The maximum atomic E-state index is 11.3. The first-order chi connectivity index (χ1) is 13.6. The molecule has 0 fully saturated rings. The Bertz CT molecular complexity index is 425. The fraction of sp³-hybridized carbons (Fsp3) is 0.737. The number of nitrogens with one attached hydrogen (secondary N) is 4. The molecule has 1 atom stereocenters. The van der Waals surface area contributed by atoms with Crippen molar-refractivity contribution in [2.45, 2.75) is 67.1 Å². The quantitative estimate of drug-likeness (QED) is 0.313. The number of rotatable bonds is 7. The number of alkyl carbamates (subject to hydrolysis) is 1. The summed E-state index contributed by atoms with van der Waals surface area (Å²) in [6.45, 7) is 18.1. The summed E-state index contributed by atoms with van der Waals surface area (Å²) in [6.07, 6.45) is -0.582. The Balaban J connectivity index is -0.000000394. The summed E-state index contributed by atoms with van der Waals surface area (Å²) in [5.41, 5.74) is 4.10. The van der Waals surface area contributed by atoms with Gasteiger partial charge in [0.2, 0.25) is 5.91 Å². The number of methoxy groups -OCH3 is 1. The first-order valence-electron chi connectivity index (χ1n) is 9.61. The molecular weight excluding hydrogens is 380 g/mol. The molecule has 1 unspecified atom stereocenters. The van der Waals surface area contributed by atoms with E-state index in [9.17, 15) is 19.5 Å². The molecule has 0 rings (SSSR count). The molecule has 0 radical (unpaired) electrons. The molecule has 0 aliphatic carbocycles. The minimum Gasteiger partial charge on any atom is -0.453 e. The number of amides is 3. The molecule has 0 aromatic rings. The van der Waals surface area contributed by atoms with Crippen LogP contribution in [0.3, 0.4) is 0 Å². The van der Waals surface area contributed by atoms with Gasteiger partial charge in [0, 0.05) is 13.1 Å². The van der Waals surface area contributed by atoms with E-state index in [4.69, 9.17) is 4.74 Å². The third-order valence-electron chi connectivity index (χ3n) is 2.04. The average molecular weight is 423 g/mol. The number of carbonyl (C=O) groups is 3. The molecule has 0 saturated heterocycles. The first-order valence-corrected chi connectivity index (χ1v) is 9.61. The lowest BCUT2D eigenvalue weighted by atomic mass is 10.2. The van der Waals surface area contributed by atoms with Crippen molar-refractivity contribution in [2.75, 3.05) is 26.7 Å². The van der Waals surface area contributed by atoms with Crippen LogP contribution in [-0.2, 0) is 14.3 Å². The maximum Gasteiger partial charge on any atom is 0.422 e. The number of hydrogen-bond acceptors (Lipinski definition) is 7. The van der Waals surface area contributed by atoms with Crippen LogP contribution in [-0.4, -0.2) is 61.6 Å². The highest BCUT2D eigenvalue weighted by Crippen LogP contribution is 2.05. The van der Waals surface area contributed by atoms with Crippen LogP contribution in [0.25, 0.3) is 0 Å². The number of allylic oxidation sites excluding steroid dienone is 1. The van der Waals surface area contributed by atoms with Crippen LogP contribution in [0.2, 0.25) is 0 Å². The second-order valence-corrected chi connectivity index (χ2v) is 5.72. The fourth-order valence-corrected chi connectivity index (χ4v) is 1.14. The molecule has 0 aliphatic rings. The second kappa shape index (κ2) is 23.7. The number of aliphatic hydroxyl groups is 1. The minimum absolute atomic E-state index is 0.00392. The SMILES string of the molecule is C=CC.CC.CC.COC(=O)NCC(=O)NCC(O)CNNC(=O)OC(C)(C)C. The molecule has 0 saturated carbocycles. The predicted octanol–water partition coefficient (Wildman–Crippen LogP) is 2.09. The van der Waals surface area contributed by atoms with Crippen LogP contribution in [0.15, 0.2) is 12.7 Å². The van der Waals surface area contributed by atoms with Gasteiger partial charge in [0.15, 0.2) is 0 Å². The van der Waals surface area contributed by atoms with Gasteiger partial charge >= 0.3 is 12.2 Å². The third kappa shape index (κ3) is 33.7. The van der Waals surface area contributed by atoms with Gasteiger partial charge in [-0.25, -0.2) is 15.0 Å². The van der Waals surface area contributed by atoms with Crippen LogP contribution in [0.1, 0.15) is 55.4 Å². The lowest BCUT2D eigenvalue weighted by Crippen LogP contribution is -2.47. The van der Waals surface area contributed by atoms with Gasteiger partial charge in [-0.2, -0.15) is 0 Å². The van der Waals surface area contributed by atoms with Crippen LogP contribution in [0, 0.1) is 0 Å². The molecule has 10 heteroatoms. The van der Waals surface area contributed by atoms with Gasteiger partial charge < -0.3 is 25.2 Å². The van der Waals surface area contributed by atoms with E-state index in [0.29, 0.717) is 0 Å². The van der Waals surface area contributed by atoms with Gasteiger partial charge in [-0.15, -0.1) is 6.58 Å². The molecule has 174 valence electrons. The Morgan fingerprint density at radius 1 is 1.03 bits per heavy atom. The van der Waals surface area contributed by atoms with Crippen molar-refractivity contribution in [1.82, 2.24) is 21.5 Å². The zero-order valence-corrected chi connectivity index (χ0v) is 19.5. The van der Waals surface area contributed by atoms with E-state index in [1.165, 1.54) is 7.11 Å². The Morgan fingerprint density at radius 2 is 1.52 bits per heavy atom. The summed E-state index contributed by atoms with van der Waals surface area (Å²) in [5.74, 6) is -0.482. The van der Waals surface area contributed by atoms with Gasteiger partial charge in [0.25, 0.3) is 0 Å². The highest BCUT2D eigenvalue weighted by Gasteiger charge is 2.16. The molecular formula is C19H42N4O6. The molecule has 0 bridgehead atoms. The van der Waals surface area contributed by atoms with Crippen molar-refractivity contribution in [1.29, 1.82) is 0 Å². The van der Waals surface area contributed by atoms with E-state index >= 15 is 0 Å². The van der Waals surface area contributed by atoms with Gasteiger partial charge in [-0.05, 0) is 27.7 Å². The molecule has 5 N–H and O–H groups in total. The molecule has 0 spiro atoms. The summed E-state index contributed by atoms with van der Waals surface area (Å²) >= 11 is 0. The molecule has 3 amide bonds. The van der Waals surface area contributed by atoms with Crippen molar-refractivity contribution < 1.29 is 29.0 Å². The first kappa shape index (κ1) is 34.2. The molecule has 29 heavy (non-hydrogen) atoms. The van der Waals surface area contributed by atoms with E-state index in [2.05, 4.69) is 32.8 Å². The van der Waals surface area contributed by atoms with E-state index in [1.54, 1.807) is 26.8 Å². The third-order valence-corrected chi connectivity index (χ3v) is 2.04. The van der Waals surface area contributed by atoms with E-state index < -0.39 is 29.8 Å². The summed E-state index contributed by atoms with van der Waals surface area (Å²) in [7, 11) is 1.18. The summed E-state index contributed by atoms with van der Waals surface area (Å²) in [4.78, 5) is 33.3. The number of hydrazine groups is 1. The molecule has 10 nitrogen and oxygen atoms in total. The molecule has 0 aromatic carbocycles. The monoisotopic (exact) mass is 422 g/mol. The number of hydrogen-bond donors (Lipinski definition) is 5. The second-order valence-electron chi connectivity index (χ2n) is 5.72. The van der Waals surface area contributed by atoms with Crippen molar-refractivity contribution in [2.24, 2.45) is 0 Å². The minimum atomic E-state index is -0.933. The fourth-order valence-electron chi connectivity index (χ4n) is 1.14. The smallest absolute Gasteiger partial charge is 0.422 e. The van der Waals surface area contributed by atoms with Crippen molar-refractivity contribution in [3.05, 3.63) is 12.7 Å². The Labute approximate surface area is 175 Å². The van der Waals surface area contributed by atoms with Gasteiger partial charge in [0.1, 0.15) is 5.60 Å². The number of carbonyl (C=O) groups excluding carboxylic acids is 3. The Kier molecular flexibility index (Phi) is 28.0. The normalized spacial score (nSPS) is 10.0. The highest BCUT2D eigenvalue weighted by molar-refractivity contribution is 5.82. The summed E-state index contributed by atoms with van der Waals surface area (Å²) in [6, 6.07) is 0. The van der Waals surface area contributed by atoms with Crippen LogP contribution < -0.4 is 21.5 Å². The largest absolute Gasteiger partial charge is 0.453 e. The average Bonchev–Trinajstić information content (AvgIpc) is 2.66. The van der Waals surface area contributed by atoms with Gasteiger partial charge in [0.05, 0.1) is 19.8 Å². The van der Waals surface area contributed by atoms with Gasteiger partial charge in [-0.1, -0.05) is 33.8 Å². The molecule has 0 aliphatic heterocycles. The number of ether oxygens (including phenoxy) is 2. The summed E-state index contributed by atoms with van der Waals surface area (Å²) < 4.78 is 9.26. The van der Waals surface area contributed by atoms with Gasteiger partial charge in [-0.3, -0.25) is 10.2 Å². The standard InChI is InChI=1S/C12H24N4O6.C3H6.2C2H6/c1-12(2,3)22-11(20)16-15-6-8(17)5-13-9(18)7-14-10(19)21-4;1-3-2;2*1-2/h8,15,17H,5-7H2,1-4H3,(H,13,18)(H,14,19)(H,16,20);3H,1H2,2H3;2*1-2H3. The zero-order chi connectivity index (χ0) is 23.9. The molecule has 0 aromatic heterocycles. The predicted molar refractivity (Wildman–Crippen MR) is 115 cm³/mol. The lowest BCUT2D eigenvalue weighted by Gasteiger charge is -2.20. The van der Waals surface area contributed by atoms with Crippen LogP contribution >= 0.6 is 0 Å². The van der Waals surface area contributed by atoms with E-state index in [0.717, 1.165) is 0 Å². The number of aliphatic hydroxyl groups excluding tert-OH is 1. The van der Waals surface area contributed by atoms with Crippen molar-refractivity contribution >= 4 is 18.1 Å². The van der Waals surface area contributed by atoms with Crippen molar-refractivity contribution in [3.8, 4) is 0 Å². The van der Waals surface area contributed by atoms with Crippen LogP contribution in [0.4, 0.5) is 9.59 Å². The highest BCUT2D eigenvalue weighted by atomic mass is 16.6. The van der Waals surface area contributed by atoms with E-state index in [1.807, 2.05) is 34.6 Å². The lowest BCUT2D eigenvalue weighted by molar-refractivity contribution is -0.120. The van der Waals surface area contributed by atoms with Crippen molar-refractivity contribution in [3.63, 3.8) is 0 Å². The topological polar surface area (TPSA) is 138 Å².